The predicted octanol–water partition coefficient (Wildman–Crippen LogP) is 3.27. The molecule has 1 aliphatic rings. The van der Waals surface area contributed by atoms with Crippen molar-refractivity contribution in [1.29, 1.82) is 0 Å². The number of urea groups is 1. The molecule has 1 rings (SSSR count). The first-order valence-electron chi connectivity index (χ1n) is 8.19. The van der Waals surface area contributed by atoms with Crippen molar-refractivity contribution in [2.75, 3.05) is 26.2 Å². The third-order valence-corrected chi connectivity index (χ3v) is 4.00. The Balaban J connectivity index is 2.17. The molecule has 1 fully saturated rings. The van der Waals surface area contributed by atoms with Crippen LogP contribution in [0, 0.1) is 11.8 Å². The summed E-state index contributed by atoms with van der Waals surface area (Å²) >= 11 is 0. The van der Waals surface area contributed by atoms with Gasteiger partial charge in [0.15, 0.2) is 0 Å². The van der Waals surface area contributed by atoms with Crippen LogP contribution in [0.5, 0.6) is 0 Å². The molecule has 0 aromatic carbocycles. The van der Waals surface area contributed by atoms with Crippen LogP contribution in [0.4, 0.5) is 4.79 Å². The van der Waals surface area contributed by atoms with Crippen molar-refractivity contribution < 1.29 is 9.53 Å². The van der Waals surface area contributed by atoms with E-state index in [-0.39, 0.29) is 6.03 Å². The van der Waals surface area contributed by atoms with Gasteiger partial charge in [-0.25, -0.2) is 4.79 Å². The fourth-order valence-corrected chi connectivity index (χ4v) is 2.81. The Bertz CT molecular complexity index is 282. The Labute approximate surface area is 124 Å². The van der Waals surface area contributed by atoms with Gasteiger partial charge in [-0.1, -0.05) is 33.6 Å². The highest BCUT2D eigenvalue weighted by atomic mass is 16.5. The van der Waals surface area contributed by atoms with Crippen LogP contribution in [0.1, 0.15) is 53.4 Å². The minimum Gasteiger partial charge on any atom is -0.376 e. The number of rotatable bonds is 7. The molecule has 0 radical (unpaired) electrons. The molecule has 118 valence electrons. The summed E-state index contributed by atoms with van der Waals surface area (Å²) in [6.45, 7) is 11.3. The summed E-state index contributed by atoms with van der Waals surface area (Å²) in [4.78, 5) is 13.8. The van der Waals surface area contributed by atoms with Crippen LogP contribution < -0.4 is 5.32 Å². The van der Waals surface area contributed by atoms with Gasteiger partial charge < -0.3 is 15.0 Å². The molecule has 0 spiro atoms. The lowest BCUT2D eigenvalue weighted by molar-refractivity contribution is -0.00272. The van der Waals surface area contributed by atoms with E-state index in [0.717, 1.165) is 13.1 Å². The molecule has 0 heterocycles. The number of nitrogens with one attached hydrogen (secondary N) is 1. The van der Waals surface area contributed by atoms with Crippen LogP contribution >= 0.6 is 0 Å². The molecule has 4 nitrogen and oxygen atoms in total. The van der Waals surface area contributed by atoms with Crippen LogP contribution in [-0.2, 0) is 4.74 Å². The standard InChI is InChI=1S/C16H32N2O2/c1-5-18(12-13(2)3)16(19)17-10-11-20-15-9-7-6-8-14(15)4/h13-15H,5-12H2,1-4H3,(H,17,19). The maximum atomic E-state index is 12.0. The number of hydrogen-bond acceptors (Lipinski definition) is 2. The van der Waals surface area contributed by atoms with Crippen molar-refractivity contribution in [3.8, 4) is 0 Å². The van der Waals surface area contributed by atoms with Gasteiger partial charge in [-0.05, 0) is 31.6 Å². The lowest BCUT2D eigenvalue weighted by atomic mass is 9.88. The lowest BCUT2D eigenvalue weighted by Gasteiger charge is -2.29. The van der Waals surface area contributed by atoms with Gasteiger partial charge in [0.25, 0.3) is 0 Å². The Kier molecular flexibility index (Phi) is 7.97. The third kappa shape index (κ3) is 6.12. The van der Waals surface area contributed by atoms with Crippen LogP contribution in [0.2, 0.25) is 0 Å². The molecule has 1 saturated carbocycles. The second-order valence-corrected chi connectivity index (χ2v) is 6.34. The topological polar surface area (TPSA) is 41.6 Å². The highest BCUT2D eigenvalue weighted by molar-refractivity contribution is 5.74. The highest BCUT2D eigenvalue weighted by Gasteiger charge is 2.21. The van der Waals surface area contributed by atoms with Crippen molar-refractivity contribution in [2.45, 2.75) is 59.5 Å². The van der Waals surface area contributed by atoms with E-state index in [2.05, 4.69) is 26.1 Å². The van der Waals surface area contributed by atoms with Crippen LogP contribution in [-0.4, -0.2) is 43.3 Å². The van der Waals surface area contributed by atoms with Crippen molar-refractivity contribution >= 4 is 6.03 Å². The molecule has 2 amide bonds. The van der Waals surface area contributed by atoms with E-state index >= 15 is 0 Å². The lowest BCUT2D eigenvalue weighted by Crippen LogP contribution is -2.43. The minimum atomic E-state index is 0.0292. The molecule has 1 aliphatic carbocycles. The zero-order valence-corrected chi connectivity index (χ0v) is 13.7. The van der Waals surface area contributed by atoms with E-state index < -0.39 is 0 Å². The first-order valence-corrected chi connectivity index (χ1v) is 8.19. The summed E-state index contributed by atoms with van der Waals surface area (Å²) in [5.74, 6) is 1.16. The molecule has 2 unspecified atom stereocenters. The number of nitrogens with zero attached hydrogens (tertiary/aromatic N) is 1. The molecule has 1 N–H and O–H groups in total. The van der Waals surface area contributed by atoms with Gasteiger partial charge in [0, 0.05) is 19.6 Å². The average Bonchev–Trinajstić information content (AvgIpc) is 2.42. The highest BCUT2D eigenvalue weighted by Crippen LogP contribution is 2.25. The Morgan fingerprint density at radius 1 is 1.35 bits per heavy atom. The van der Waals surface area contributed by atoms with Gasteiger partial charge in [-0.3, -0.25) is 0 Å². The van der Waals surface area contributed by atoms with Crippen molar-refractivity contribution in [3.05, 3.63) is 0 Å². The number of carbonyl (C=O) groups excluding carboxylic acids is 1. The Morgan fingerprint density at radius 3 is 2.65 bits per heavy atom. The minimum absolute atomic E-state index is 0.0292. The fraction of sp³-hybridized carbons (Fsp3) is 0.938. The normalized spacial score (nSPS) is 22.9. The maximum absolute atomic E-state index is 12.0. The second-order valence-electron chi connectivity index (χ2n) is 6.34. The zero-order chi connectivity index (χ0) is 15.0. The summed E-state index contributed by atoms with van der Waals surface area (Å²) in [6.07, 6.45) is 5.44. The van der Waals surface area contributed by atoms with Crippen LogP contribution in [0.3, 0.4) is 0 Å². The quantitative estimate of drug-likeness (QED) is 0.729. The first-order chi connectivity index (χ1) is 9.54. The number of amides is 2. The number of carbonyl (C=O) groups is 1. The third-order valence-electron chi connectivity index (χ3n) is 4.00. The number of ether oxygens (including phenoxy) is 1. The summed E-state index contributed by atoms with van der Waals surface area (Å²) in [5.41, 5.74) is 0. The van der Waals surface area contributed by atoms with E-state index in [1.165, 1.54) is 25.7 Å². The van der Waals surface area contributed by atoms with E-state index in [1.54, 1.807) is 0 Å². The van der Waals surface area contributed by atoms with Gasteiger partial charge in [0.05, 0.1) is 12.7 Å². The molecule has 2 atom stereocenters. The summed E-state index contributed by atoms with van der Waals surface area (Å²) in [6, 6.07) is 0.0292. The SMILES string of the molecule is CCN(CC(C)C)C(=O)NCCOC1CCCCC1C. The molecule has 0 aromatic rings. The smallest absolute Gasteiger partial charge is 0.317 e. The average molecular weight is 284 g/mol. The predicted molar refractivity (Wildman–Crippen MR) is 82.9 cm³/mol. The van der Waals surface area contributed by atoms with Gasteiger partial charge in [-0.2, -0.15) is 0 Å². The van der Waals surface area contributed by atoms with Crippen molar-refractivity contribution in [2.24, 2.45) is 11.8 Å². The monoisotopic (exact) mass is 284 g/mol. The molecule has 20 heavy (non-hydrogen) atoms. The molecule has 0 aliphatic heterocycles. The van der Waals surface area contributed by atoms with Crippen molar-refractivity contribution in [1.82, 2.24) is 10.2 Å². The summed E-state index contributed by atoms with van der Waals surface area (Å²) < 4.78 is 5.91. The van der Waals surface area contributed by atoms with Crippen LogP contribution in [0.15, 0.2) is 0 Å². The van der Waals surface area contributed by atoms with Gasteiger partial charge >= 0.3 is 6.03 Å². The Hall–Kier alpha value is -0.770. The molecular weight excluding hydrogens is 252 g/mol. The van der Waals surface area contributed by atoms with E-state index in [1.807, 2.05) is 11.8 Å². The molecule has 0 saturated heterocycles. The summed E-state index contributed by atoms with van der Waals surface area (Å²) in [7, 11) is 0. The molecule has 0 bridgehead atoms. The van der Waals surface area contributed by atoms with E-state index in [0.29, 0.717) is 31.1 Å². The van der Waals surface area contributed by atoms with E-state index in [4.69, 9.17) is 4.74 Å². The molecule has 0 aromatic heterocycles. The first kappa shape index (κ1) is 17.3. The van der Waals surface area contributed by atoms with Crippen molar-refractivity contribution in [3.63, 3.8) is 0 Å². The zero-order valence-electron chi connectivity index (χ0n) is 13.7. The maximum Gasteiger partial charge on any atom is 0.317 e. The second kappa shape index (κ2) is 9.22. The van der Waals surface area contributed by atoms with Crippen LogP contribution in [0.25, 0.3) is 0 Å². The number of hydrogen-bond donors (Lipinski definition) is 1. The van der Waals surface area contributed by atoms with Gasteiger partial charge in [0.2, 0.25) is 0 Å². The summed E-state index contributed by atoms with van der Waals surface area (Å²) in [5, 5.41) is 2.96. The fourth-order valence-electron chi connectivity index (χ4n) is 2.81. The van der Waals surface area contributed by atoms with Gasteiger partial charge in [0.1, 0.15) is 0 Å². The van der Waals surface area contributed by atoms with Gasteiger partial charge in [-0.15, -0.1) is 0 Å². The largest absolute Gasteiger partial charge is 0.376 e. The Morgan fingerprint density at radius 2 is 2.05 bits per heavy atom. The van der Waals surface area contributed by atoms with E-state index in [9.17, 15) is 4.79 Å². The molecule has 4 heteroatoms. The molecular formula is C16H32N2O2.